The van der Waals surface area contributed by atoms with E-state index in [-0.39, 0.29) is 16.6 Å². The highest BCUT2D eigenvalue weighted by Crippen LogP contribution is 2.24. The van der Waals surface area contributed by atoms with Crippen molar-refractivity contribution in [1.82, 2.24) is 13.9 Å². The standard InChI is InChI=1S/C19H28N4O4S2/c1-13-7-8-16(11-17(13)29(25,26)22(4)5)21-18(24)12-28-19-20-14(2)15(3)23(19)9-10-27-6/h7-8,11H,9-10,12H2,1-6H3,(H,21,24). The first kappa shape index (κ1) is 23.4. The lowest BCUT2D eigenvalue weighted by molar-refractivity contribution is -0.113. The molecule has 0 saturated carbocycles. The number of hydrogen-bond acceptors (Lipinski definition) is 6. The van der Waals surface area contributed by atoms with Gasteiger partial charge in [0, 0.05) is 39.1 Å². The Morgan fingerprint density at radius 1 is 1.28 bits per heavy atom. The minimum Gasteiger partial charge on any atom is -0.383 e. The van der Waals surface area contributed by atoms with Gasteiger partial charge in [-0.15, -0.1) is 0 Å². The fourth-order valence-electron chi connectivity index (χ4n) is 2.66. The van der Waals surface area contributed by atoms with Gasteiger partial charge in [0.05, 0.1) is 22.9 Å². The van der Waals surface area contributed by atoms with Crippen molar-refractivity contribution < 1.29 is 17.9 Å². The third kappa shape index (κ3) is 5.59. The van der Waals surface area contributed by atoms with Crippen molar-refractivity contribution in [2.24, 2.45) is 0 Å². The summed E-state index contributed by atoms with van der Waals surface area (Å²) in [6.07, 6.45) is 0. The molecule has 1 amide bonds. The lowest BCUT2D eigenvalue weighted by atomic mass is 10.2. The molecule has 1 aromatic carbocycles. The zero-order chi connectivity index (χ0) is 21.8. The predicted molar refractivity (Wildman–Crippen MR) is 115 cm³/mol. The van der Waals surface area contributed by atoms with Crippen LogP contribution >= 0.6 is 11.8 Å². The molecule has 2 aromatic rings. The Kier molecular flexibility index (Phi) is 7.87. The number of nitrogens with one attached hydrogen (secondary N) is 1. The van der Waals surface area contributed by atoms with E-state index in [9.17, 15) is 13.2 Å². The molecule has 0 aliphatic rings. The Morgan fingerprint density at radius 2 is 1.97 bits per heavy atom. The minimum atomic E-state index is -3.59. The average Bonchev–Trinajstić information content (AvgIpc) is 2.93. The van der Waals surface area contributed by atoms with Crippen LogP contribution in [0.15, 0.2) is 28.3 Å². The van der Waals surface area contributed by atoms with E-state index in [0.717, 1.165) is 20.8 Å². The van der Waals surface area contributed by atoms with Crippen LogP contribution in [0.5, 0.6) is 0 Å². The summed E-state index contributed by atoms with van der Waals surface area (Å²) in [4.78, 5) is 17.1. The topological polar surface area (TPSA) is 93.5 Å². The summed E-state index contributed by atoms with van der Waals surface area (Å²) >= 11 is 1.34. The molecule has 1 aromatic heterocycles. The first-order valence-electron chi connectivity index (χ1n) is 9.06. The molecule has 0 spiro atoms. The van der Waals surface area contributed by atoms with Crippen LogP contribution in [0.3, 0.4) is 0 Å². The fourth-order valence-corrected chi connectivity index (χ4v) is 4.72. The molecule has 0 aliphatic carbocycles. The quantitative estimate of drug-likeness (QED) is 0.602. The number of thioether (sulfide) groups is 1. The molecule has 0 saturated heterocycles. The Labute approximate surface area is 176 Å². The summed E-state index contributed by atoms with van der Waals surface area (Å²) in [5, 5.41) is 3.53. The van der Waals surface area contributed by atoms with Crippen LogP contribution in [-0.4, -0.2) is 61.7 Å². The van der Waals surface area contributed by atoms with E-state index in [2.05, 4.69) is 10.3 Å². The van der Waals surface area contributed by atoms with Crippen molar-refractivity contribution in [3.8, 4) is 0 Å². The van der Waals surface area contributed by atoms with Crippen molar-refractivity contribution in [2.45, 2.75) is 37.4 Å². The number of nitrogens with zero attached hydrogens (tertiary/aromatic N) is 3. The number of hydrogen-bond donors (Lipinski definition) is 1. The van der Waals surface area contributed by atoms with Gasteiger partial charge in [0.1, 0.15) is 0 Å². The third-order valence-corrected chi connectivity index (χ3v) is 7.44. The molecule has 29 heavy (non-hydrogen) atoms. The molecule has 10 heteroatoms. The molecule has 0 radical (unpaired) electrons. The summed E-state index contributed by atoms with van der Waals surface area (Å²) < 4.78 is 33.2. The molecular formula is C19H28N4O4S2. The maximum atomic E-state index is 12.4. The van der Waals surface area contributed by atoms with E-state index in [1.165, 1.54) is 31.9 Å². The second-order valence-electron chi connectivity index (χ2n) is 6.81. The van der Waals surface area contributed by atoms with Gasteiger partial charge in [0.2, 0.25) is 15.9 Å². The Hall–Kier alpha value is -1.88. The highest BCUT2D eigenvalue weighted by Gasteiger charge is 2.20. The van der Waals surface area contributed by atoms with E-state index in [0.29, 0.717) is 24.4 Å². The second-order valence-corrected chi connectivity index (χ2v) is 9.88. The normalized spacial score (nSPS) is 11.8. The molecule has 0 atom stereocenters. The van der Waals surface area contributed by atoms with Crippen LogP contribution in [0, 0.1) is 20.8 Å². The number of ether oxygens (including phenoxy) is 1. The Balaban J connectivity index is 2.10. The van der Waals surface area contributed by atoms with Gasteiger partial charge in [-0.05, 0) is 38.5 Å². The SMILES string of the molecule is COCCn1c(SCC(=O)Nc2ccc(C)c(S(=O)(=O)N(C)C)c2)nc(C)c1C. The third-order valence-electron chi connectivity index (χ3n) is 4.50. The number of aryl methyl sites for hydroxylation is 2. The molecule has 2 rings (SSSR count). The second kappa shape index (κ2) is 9.75. The summed E-state index contributed by atoms with van der Waals surface area (Å²) in [6.45, 7) is 6.87. The highest BCUT2D eigenvalue weighted by atomic mass is 32.2. The largest absolute Gasteiger partial charge is 0.383 e. The van der Waals surface area contributed by atoms with E-state index >= 15 is 0 Å². The van der Waals surface area contributed by atoms with Crippen LogP contribution in [-0.2, 0) is 26.1 Å². The Morgan fingerprint density at radius 3 is 2.59 bits per heavy atom. The van der Waals surface area contributed by atoms with Gasteiger partial charge in [-0.3, -0.25) is 4.79 Å². The van der Waals surface area contributed by atoms with Crippen LogP contribution < -0.4 is 5.32 Å². The molecule has 0 bridgehead atoms. The number of rotatable bonds is 9. The molecule has 8 nitrogen and oxygen atoms in total. The van der Waals surface area contributed by atoms with E-state index < -0.39 is 10.0 Å². The monoisotopic (exact) mass is 440 g/mol. The maximum absolute atomic E-state index is 12.4. The lowest BCUT2D eigenvalue weighted by Gasteiger charge is -2.15. The number of imidazole rings is 1. The van der Waals surface area contributed by atoms with Gasteiger partial charge in [0.25, 0.3) is 0 Å². The lowest BCUT2D eigenvalue weighted by Crippen LogP contribution is -2.23. The molecule has 0 unspecified atom stereocenters. The van der Waals surface area contributed by atoms with Gasteiger partial charge in [-0.25, -0.2) is 17.7 Å². The molecule has 0 fully saturated rings. The van der Waals surface area contributed by atoms with Crippen LogP contribution in [0.25, 0.3) is 0 Å². The van der Waals surface area contributed by atoms with Gasteiger partial charge in [-0.1, -0.05) is 17.8 Å². The zero-order valence-corrected chi connectivity index (χ0v) is 19.3. The van der Waals surface area contributed by atoms with Crippen molar-refractivity contribution >= 4 is 33.4 Å². The number of amides is 1. The van der Waals surface area contributed by atoms with Crippen molar-refractivity contribution in [3.63, 3.8) is 0 Å². The summed E-state index contributed by atoms with van der Waals surface area (Å²) in [5.41, 5.74) is 3.03. The summed E-state index contributed by atoms with van der Waals surface area (Å²) in [5.74, 6) is -0.0735. The van der Waals surface area contributed by atoms with E-state index in [4.69, 9.17) is 4.74 Å². The minimum absolute atomic E-state index is 0.159. The van der Waals surface area contributed by atoms with Gasteiger partial charge in [0.15, 0.2) is 5.16 Å². The molecule has 160 valence electrons. The molecular weight excluding hydrogens is 412 g/mol. The van der Waals surface area contributed by atoms with E-state index in [1.807, 2.05) is 18.4 Å². The van der Waals surface area contributed by atoms with Crippen molar-refractivity contribution in [3.05, 3.63) is 35.2 Å². The van der Waals surface area contributed by atoms with E-state index in [1.54, 1.807) is 26.2 Å². The maximum Gasteiger partial charge on any atom is 0.242 e. The highest BCUT2D eigenvalue weighted by molar-refractivity contribution is 7.99. The van der Waals surface area contributed by atoms with Crippen molar-refractivity contribution in [2.75, 3.05) is 38.9 Å². The van der Waals surface area contributed by atoms with Gasteiger partial charge < -0.3 is 14.6 Å². The number of aromatic nitrogens is 2. The average molecular weight is 441 g/mol. The fraction of sp³-hybridized carbons (Fsp3) is 0.474. The number of carbonyl (C=O) groups excluding carboxylic acids is 1. The smallest absolute Gasteiger partial charge is 0.242 e. The first-order valence-corrected chi connectivity index (χ1v) is 11.5. The number of sulfonamides is 1. The summed E-state index contributed by atoms with van der Waals surface area (Å²) in [6, 6.07) is 4.87. The van der Waals surface area contributed by atoms with Gasteiger partial charge >= 0.3 is 0 Å². The Bertz CT molecular complexity index is 984. The number of carbonyl (C=O) groups is 1. The number of anilines is 1. The number of benzene rings is 1. The van der Waals surface area contributed by atoms with Crippen LogP contribution in [0.2, 0.25) is 0 Å². The van der Waals surface area contributed by atoms with Crippen LogP contribution in [0.4, 0.5) is 5.69 Å². The molecule has 1 heterocycles. The molecule has 1 N–H and O–H groups in total. The van der Waals surface area contributed by atoms with Gasteiger partial charge in [-0.2, -0.15) is 0 Å². The van der Waals surface area contributed by atoms with Crippen LogP contribution in [0.1, 0.15) is 17.0 Å². The first-order chi connectivity index (χ1) is 13.6. The molecule has 0 aliphatic heterocycles. The zero-order valence-electron chi connectivity index (χ0n) is 17.6. The summed E-state index contributed by atoms with van der Waals surface area (Å²) in [7, 11) is 1.02. The number of methoxy groups -OCH3 is 1. The van der Waals surface area contributed by atoms with Crippen molar-refractivity contribution in [1.29, 1.82) is 0 Å². The predicted octanol–water partition coefficient (Wildman–Crippen LogP) is 2.44.